The number of aromatic nitrogens is 1. The Morgan fingerprint density at radius 1 is 1.06 bits per heavy atom. The van der Waals surface area contributed by atoms with Crippen molar-refractivity contribution < 1.29 is 13.2 Å². The highest BCUT2D eigenvalue weighted by Crippen LogP contribution is 2.22. The van der Waals surface area contributed by atoms with Crippen LogP contribution in [0.4, 0.5) is 5.69 Å². The maximum absolute atomic E-state index is 13.1. The van der Waals surface area contributed by atoms with Crippen LogP contribution in [0.25, 0.3) is 0 Å². The zero-order valence-corrected chi connectivity index (χ0v) is 19.5. The minimum absolute atomic E-state index is 0.0386. The normalized spacial score (nSPS) is 11.5. The Bertz CT molecular complexity index is 1310. The number of amides is 1. The lowest BCUT2D eigenvalue weighted by Crippen LogP contribution is -2.30. The van der Waals surface area contributed by atoms with Gasteiger partial charge in [-0.05, 0) is 61.9 Å². The third kappa shape index (κ3) is 6.40. The maximum Gasteiger partial charge on any atom is 0.251 e. The van der Waals surface area contributed by atoms with Crippen molar-refractivity contribution in [1.29, 1.82) is 5.26 Å². The lowest BCUT2D eigenvalue weighted by Gasteiger charge is -2.10. The number of nitrogens with one attached hydrogen (secondary N) is 3. The number of rotatable bonds is 7. The molecule has 0 unspecified atom stereocenters. The quantitative estimate of drug-likeness (QED) is 0.206. The van der Waals surface area contributed by atoms with Crippen LogP contribution in [0.5, 0.6) is 0 Å². The lowest BCUT2D eigenvalue weighted by atomic mass is 10.2. The molecule has 0 saturated carbocycles. The van der Waals surface area contributed by atoms with E-state index in [9.17, 15) is 13.2 Å². The monoisotopic (exact) mass is 476 g/mol. The third-order valence-electron chi connectivity index (χ3n) is 4.60. The third-order valence-corrected chi connectivity index (χ3v) is 6.36. The van der Waals surface area contributed by atoms with Crippen LogP contribution in [0.2, 0.25) is 0 Å². The molecular weight excluding hydrogens is 452 g/mol. The van der Waals surface area contributed by atoms with Crippen LogP contribution < -0.4 is 16.0 Å². The average Bonchev–Trinajstić information content (AvgIpc) is 2.83. The number of sulfone groups is 1. The predicted molar refractivity (Wildman–Crippen MR) is 129 cm³/mol. The first-order chi connectivity index (χ1) is 16.3. The van der Waals surface area contributed by atoms with E-state index in [2.05, 4.69) is 25.9 Å². The summed E-state index contributed by atoms with van der Waals surface area (Å²) in [5.74, 6) is -0.0793. The van der Waals surface area contributed by atoms with E-state index in [0.717, 1.165) is 5.56 Å². The van der Waals surface area contributed by atoms with Crippen LogP contribution in [0.1, 0.15) is 29.8 Å². The van der Waals surface area contributed by atoms with E-state index in [1.165, 1.54) is 24.3 Å². The number of aliphatic imine (C=N–C) groups is 1. The van der Waals surface area contributed by atoms with Gasteiger partial charge < -0.3 is 10.6 Å². The van der Waals surface area contributed by atoms with Gasteiger partial charge in [-0.2, -0.15) is 5.26 Å². The van der Waals surface area contributed by atoms with Gasteiger partial charge >= 0.3 is 0 Å². The number of nitrogens with zero attached hydrogens (tertiary/aromatic N) is 3. The van der Waals surface area contributed by atoms with Crippen molar-refractivity contribution in [2.75, 3.05) is 5.32 Å². The van der Waals surface area contributed by atoms with Crippen molar-refractivity contribution in [3.8, 4) is 6.19 Å². The highest BCUT2D eigenvalue weighted by molar-refractivity contribution is 7.91. The van der Waals surface area contributed by atoms with Gasteiger partial charge in [0.15, 0.2) is 6.19 Å². The summed E-state index contributed by atoms with van der Waals surface area (Å²) in [7, 11) is -3.81. The molecule has 2 aromatic carbocycles. The molecule has 0 spiro atoms. The second kappa shape index (κ2) is 11.1. The van der Waals surface area contributed by atoms with Crippen molar-refractivity contribution in [3.63, 3.8) is 0 Å². The molecule has 1 amide bonds. The lowest BCUT2D eigenvalue weighted by molar-refractivity contribution is 0.0943. The van der Waals surface area contributed by atoms with E-state index in [0.29, 0.717) is 5.69 Å². The molecule has 1 aromatic heterocycles. The summed E-state index contributed by atoms with van der Waals surface area (Å²) in [6, 6.07) is 15.7. The molecule has 9 nitrogen and oxygen atoms in total. The van der Waals surface area contributed by atoms with Gasteiger partial charge in [-0.25, -0.2) is 13.4 Å². The van der Waals surface area contributed by atoms with E-state index >= 15 is 0 Å². The molecule has 3 rings (SSSR count). The predicted octanol–water partition coefficient (Wildman–Crippen LogP) is 3.09. The number of hydrogen-bond donors (Lipinski definition) is 3. The molecule has 0 aliphatic rings. The molecule has 34 heavy (non-hydrogen) atoms. The van der Waals surface area contributed by atoms with Crippen LogP contribution in [0.3, 0.4) is 0 Å². The largest absolute Gasteiger partial charge is 0.350 e. The van der Waals surface area contributed by atoms with Gasteiger partial charge in [0.1, 0.15) is 0 Å². The molecule has 10 heteroatoms. The standard InChI is InChI=1S/C24H24N6O3S/c1-17(2)29-23(31)19-4-3-5-22(14-19)34(32,33)21-8-6-18(7-9-21)15-27-24(28-16-25)30-20-10-12-26-13-11-20/h3-14,17H,15H2,1-2H3,(H,29,31)(H2,26,27,28,30). The Hall–Kier alpha value is -4.23. The van der Waals surface area contributed by atoms with Crippen molar-refractivity contribution >= 4 is 27.4 Å². The van der Waals surface area contributed by atoms with E-state index in [4.69, 9.17) is 5.26 Å². The van der Waals surface area contributed by atoms with E-state index in [1.54, 1.807) is 48.8 Å². The Balaban J connectivity index is 1.76. The molecule has 0 atom stereocenters. The van der Waals surface area contributed by atoms with Crippen LogP contribution in [-0.2, 0) is 16.4 Å². The second-order valence-corrected chi connectivity index (χ2v) is 9.52. The number of guanidine groups is 1. The molecule has 174 valence electrons. The Kier molecular flexibility index (Phi) is 7.95. The molecular formula is C24H24N6O3S. The number of benzene rings is 2. The smallest absolute Gasteiger partial charge is 0.251 e. The summed E-state index contributed by atoms with van der Waals surface area (Å²) in [6.07, 6.45) is 5.05. The first-order valence-corrected chi connectivity index (χ1v) is 11.9. The number of hydrogen-bond acceptors (Lipinski definition) is 6. The van der Waals surface area contributed by atoms with Crippen molar-refractivity contribution in [2.45, 2.75) is 36.2 Å². The second-order valence-electron chi connectivity index (χ2n) is 7.57. The van der Waals surface area contributed by atoms with E-state index in [-0.39, 0.29) is 39.8 Å². The molecule has 0 fully saturated rings. The molecule has 0 radical (unpaired) electrons. The maximum atomic E-state index is 13.1. The minimum Gasteiger partial charge on any atom is -0.350 e. The summed E-state index contributed by atoms with van der Waals surface area (Å²) in [4.78, 5) is 20.7. The number of carbonyl (C=O) groups excluding carboxylic acids is 1. The highest BCUT2D eigenvalue weighted by atomic mass is 32.2. The fourth-order valence-corrected chi connectivity index (χ4v) is 4.27. The van der Waals surface area contributed by atoms with E-state index in [1.807, 2.05) is 20.0 Å². The number of carbonyl (C=O) groups is 1. The zero-order chi connectivity index (χ0) is 24.6. The average molecular weight is 477 g/mol. The van der Waals surface area contributed by atoms with Crippen molar-refractivity contribution in [2.24, 2.45) is 4.99 Å². The molecule has 0 bridgehead atoms. The van der Waals surface area contributed by atoms with Gasteiger partial charge in [-0.1, -0.05) is 18.2 Å². The van der Waals surface area contributed by atoms with Crippen LogP contribution in [0, 0.1) is 11.5 Å². The SMILES string of the molecule is CC(C)NC(=O)c1cccc(S(=O)(=O)c2ccc(CN=C(NC#N)Nc3ccncc3)cc2)c1. The topological polar surface area (TPSA) is 136 Å². The summed E-state index contributed by atoms with van der Waals surface area (Å²) in [5.41, 5.74) is 1.74. The fourth-order valence-electron chi connectivity index (χ4n) is 2.97. The van der Waals surface area contributed by atoms with Crippen LogP contribution in [-0.4, -0.2) is 31.3 Å². The Labute approximate surface area is 198 Å². The van der Waals surface area contributed by atoms with Gasteiger partial charge in [0, 0.05) is 29.7 Å². The fraction of sp³-hybridized carbons (Fsp3) is 0.167. The Morgan fingerprint density at radius 3 is 2.41 bits per heavy atom. The summed E-state index contributed by atoms with van der Waals surface area (Å²) in [5, 5.41) is 17.2. The van der Waals surface area contributed by atoms with Crippen LogP contribution >= 0.6 is 0 Å². The van der Waals surface area contributed by atoms with Crippen LogP contribution in [0.15, 0.2) is 87.8 Å². The Morgan fingerprint density at radius 2 is 1.76 bits per heavy atom. The van der Waals surface area contributed by atoms with Gasteiger partial charge in [0.2, 0.25) is 15.8 Å². The van der Waals surface area contributed by atoms with Gasteiger partial charge in [-0.15, -0.1) is 0 Å². The zero-order valence-electron chi connectivity index (χ0n) is 18.7. The molecule has 3 aromatic rings. The first kappa shape index (κ1) is 24.4. The van der Waals surface area contributed by atoms with E-state index < -0.39 is 9.84 Å². The first-order valence-electron chi connectivity index (χ1n) is 10.4. The number of nitriles is 1. The minimum atomic E-state index is -3.81. The van der Waals surface area contributed by atoms with Gasteiger partial charge in [0.05, 0.1) is 16.3 Å². The molecule has 0 aliphatic heterocycles. The molecule has 0 aliphatic carbocycles. The number of pyridine rings is 1. The van der Waals surface area contributed by atoms with Gasteiger partial charge in [-0.3, -0.25) is 15.1 Å². The van der Waals surface area contributed by atoms with Crippen molar-refractivity contribution in [3.05, 3.63) is 84.2 Å². The molecule has 3 N–H and O–H groups in total. The molecule has 0 saturated heterocycles. The summed E-state index contributed by atoms with van der Waals surface area (Å²) >= 11 is 0. The number of anilines is 1. The highest BCUT2D eigenvalue weighted by Gasteiger charge is 2.19. The summed E-state index contributed by atoms with van der Waals surface area (Å²) in [6.45, 7) is 3.88. The van der Waals surface area contributed by atoms with Crippen molar-refractivity contribution in [1.82, 2.24) is 15.6 Å². The van der Waals surface area contributed by atoms with Gasteiger partial charge in [0.25, 0.3) is 5.91 Å². The summed E-state index contributed by atoms with van der Waals surface area (Å²) < 4.78 is 26.2. The molecule has 1 heterocycles.